The van der Waals surface area contributed by atoms with E-state index in [1.165, 1.54) is 45.8 Å². The molecule has 1 aliphatic rings. The number of para-hydroxylation sites is 3. The van der Waals surface area contributed by atoms with E-state index in [4.69, 9.17) is 29.0 Å². The van der Waals surface area contributed by atoms with E-state index in [1.54, 1.807) is 14.0 Å². The fourth-order valence-corrected chi connectivity index (χ4v) is 12.3. The van der Waals surface area contributed by atoms with Gasteiger partial charge in [-0.15, -0.1) is 0 Å². The zero-order valence-corrected chi connectivity index (χ0v) is 33.6. The number of carbonyl (C=O) groups is 1. The van der Waals surface area contributed by atoms with Gasteiger partial charge in [-0.05, 0) is 0 Å². The molecule has 0 radical (unpaired) electrons. The van der Waals surface area contributed by atoms with Crippen LogP contribution < -0.4 is 14.5 Å². The predicted molar refractivity (Wildman–Crippen MR) is 202 cm³/mol. The van der Waals surface area contributed by atoms with Crippen LogP contribution in [0, 0.1) is 0 Å². The van der Waals surface area contributed by atoms with Gasteiger partial charge in [-0.3, -0.25) is 0 Å². The van der Waals surface area contributed by atoms with Gasteiger partial charge in [0.15, 0.2) is 0 Å². The van der Waals surface area contributed by atoms with Crippen molar-refractivity contribution in [1.82, 2.24) is 5.06 Å². The number of rotatable bonds is 11. The molecule has 1 atom stereocenters. The van der Waals surface area contributed by atoms with Crippen LogP contribution in [0.15, 0.2) is 60.7 Å². The Bertz CT molecular complexity index is 1610. The molecule has 48 heavy (non-hydrogen) atoms. The second kappa shape index (κ2) is 16.0. The van der Waals surface area contributed by atoms with E-state index in [1.807, 2.05) is 28.9 Å². The van der Waals surface area contributed by atoms with E-state index in [0.29, 0.717) is 29.4 Å². The molecule has 3 aromatic rings. The van der Waals surface area contributed by atoms with Gasteiger partial charge < -0.3 is 0 Å². The van der Waals surface area contributed by atoms with Gasteiger partial charge in [0.25, 0.3) is 0 Å². The molecule has 1 fully saturated rings. The fourth-order valence-electron chi connectivity index (χ4n) is 6.27. The Labute approximate surface area is 298 Å². The number of hydroxylamine groups is 2. The summed E-state index contributed by atoms with van der Waals surface area (Å²) in [5.74, 6) is 1.46. The second-order valence-electron chi connectivity index (χ2n) is 13.6. The summed E-state index contributed by atoms with van der Waals surface area (Å²) in [6.07, 6.45) is -0.778. The average molecular weight is 784 g/mol. The van der Waals surface area contributed by atoms with Crippen molar-refractivity contribution in [3.8, 4) is 5.75 Å². The SMILES string of the molecule is CON(C)C(=O)C(C)Oc1ccccc1[CH]=[Ru]([Cl])([Cl])=[C]1N(c2c(C(C)C)cccc2C(C)C)CCN1c1c(C(C)C)cccc1C(C)C. The van der Waals surface area contributed by atoms with Crippen molar-refractivity contribution >= 4 is 45.6 Å². The Morgan fingerprint density at radius 3 is 1.54 bits per heavy atom. The first-order chi connectivity index (χ1) is 22.6. The first kappa shape index (κ1) is 38.2. The van der Waals surface area contributed by atoms with Gasteiger partial charge in [0, 0.05) is 0 Å². The molecule has 0 N–H and O–H groups in total. The third-order valence-electron chi connectivity index (χ3n) is 8.81. The molecule has 1 unspecified atom stereocenters. The number of halogens is 2. The minimum absolute atomic E-state index is 0.296. The van der Waals surface area contributed by atoms with Crippen molar-refractivity contribution in [3.05, 3.63) is 88.5 Å². The van der Waals surface area contributed by atoms with Crippen LogP contribution in [0.1, 0.15) is 114 Å². The van der Waals surface area contributed by atoms with Gasteiger partial charge in [0.05, 0.1) is 0 Å². The van der Waals surface area contributed by atoms with Crippen LogP contribution in [-0.4, -0.2) is 53.3 Å². The van der Waals surface area contributed by atoms with Crippen LogP contribution in [0.3, 0.4) is 0 Å². The monoisotopic (exact) mass is 783 g/mol. The Balaban J connectivity index is 2.08. The molecule has 1 aliphatic heterocycles. The summed E-state index contributed by atoms with van der Waals surface area (Å²) in [5, 5.41) is 1.17. The van der Waals surface area contributed by atoms with Crippen molar-refractivity contribution in [2.24, 2.45) is 0 Å². The first-order valence-corrected chi connectivity index (χ1v) is 23.2. The fraction of sp³-hybridized carbons (Fsp3) is 0.462. The molecule has 3 aromatic carbocycles. The molecular weight excluding hydrogens is 730 g/mol. The van der Waals surface area contributed by atoms with Crippen LogP contribution in [-0.2, 0) is 21.5 Å². The molecule has 0 bridgehead atoms. The third-order valence-corrected chi connectivity index (χ3v) is 14.3. The molecule has 0 saturated carbocycles. The quantitative estimate of drug-likeness (QED) is 0.143. The zero-order valence-electron chi connectivity index (χ0n) is 30.3. The van der Waals surface area contributed by atoms with Gasteiger partial charge in [-0.1, -0.05) is 0 Å². The molecule has 1 heterocycles. The predicted octanol–water partition coefficient (Wildman–Crippen LogP) is 9.69. The van der Waals surface area contributed by atoms with Gasteiger partial charge >= 0.3 is 300 Å². The summed E-state index contributed by atoms with van der Waals surface area (Å²) in [4.78, 5) is 22.8. The van der Waals surface area contributed by atoms with Crippen molar-refractivity contribution < 1.29 is 26.3 Å². The molecule has 1 amide bonds. The van der Waals surface area contributed by atoms with Gasteiger partial charge in [-0.2, -0.15) is 0 Å². The van der Waals surface area contributed by atoms with Crippen LogP contribution in [0.4, 0.5) is 11.4 Å². The Morgan fingerprint density at radius 2 is 1.15 bits per heavy atom. The van der Waals surface area contributed by atoms with Crippen molar-refractivity contribution in [2.45, 2.75) is 92.1 Å². The molecular formula is C39H53Cl2N3O3Ru. The number of anilines is 2. The topological polar surface area (TPSA) is 45.2 Å². The van der Waals surface area contributed by atoms with E-state index in [0.717, 1.165) is 23.0 Å². The molecule has 1 saturated heterocycles. The van der Waals surface area contributed by atoms with Crippen molar-refractivity contribution in [3.63, 3.8) is 0 Å². The molecule has 6 nitrogen and oxygen atoms in total. The Kier molecular flexibility index (Phi) is 12.7. The summed E-state index contributed by atoms with van der Waals surface area (Å²) < 4.78 is 9.21. The molecule has 0 spiro atoms. The number of ether oxygens (including phenoxy) is 1. The standard InChI is InChI=1S/C27H38N2.C12H15NO3.2ClH.Ru/c1-18(2)22-11-9-12-23(19(3)4)26(22)28-15-16-29(17-28)27-24(20(5)6)13-10-14-25(27)21(7)8;1-9-7-5-6-8-11(9)16-10(2)12(14)13(3)15-4;;;/h9-14,18-21H,15-16H2,1-8H3;1,5-8,10H,2-4H3;2*1H;/q;;;;+2/p-2. The summed E-state index contributed by atoms with van der Waals surface area (Å²) in [6.45, 7) is 21.2. The Hall–Kier alpha value is -2.57. The average Bonchev–Trinajstić information content (AvgIpc) is 3.49. The van der Waals surface area contributed by atoms with Crippen molar-refractivity contribution in [1.29, 1.82) is 0 Å². The summed E-state index contributed by atoms with van der Waals surface area (Å²) >= 11 is -3.93. The van der Waals surface area contributed by atoms with Crippen LogP contribution >= 0.6 is 19.4 Å². The van der Waals surface area contributed by atoms with Crippen LogP contribution in [0.5, 0.6) is 5.75 Å². The van der Waals surface area contributed by atoms with E-state index in [-0.39, 0.29) is 5.91 Å². The summed E-state index contributed by atoms with van der Waals surface area (Å²) in [5.41, 5.74) is 8.30. The van der Waals surface area contributed by atoms with E-state index >= 15 is 0 Å². The number of carbonyl (C=O) groups excluding carboxylic acids is 1. The number of hydrogen-bond acceptors (Lipinski definition) is 5. The van der Waals surface area contributed by atoms with E-state index in [2.05, 4.69) is 102 Å². The third kappa shape index (κ3) is 8.07. The summed E-state index contributed by atoms with van der Waals surface area (Å²) in [6, 6.07) is 21.0. The van der Waals surface area contributed by atoms with Gasteiger partial charge in [0.2, 0.25) is 0 Å². The van der Waals surface area contributed by atoms with E-state index in [9.17, 15) is 4.79 Å². The van der Waals surface area contributed by atoms with Gasteiger partial charge in [-0.25, -0.2) is 0 Å². The molecule has 264 valence electrons. The molecule has 0 aliphatic carbocycles. The van der Waals surface area contributed by atoms with Crippen molar-refractivity contribution in [2.75, 3.05) is 37.0 Å². The first-order valence-electron chi connectivity index (χ1n) is 16.8. The number of hydrogen-bond donors (Lipinski definition) is 0. The van der Waals surface area contributed by atoms with Crippen LogP contribution in [0.2, 0.25) is 0 Å². The molecule has 0 aromatic heterocycles. The zero-order chi connectivity index (χ0) is 35.5. The number of benzene rings is 3. The summed E-state index contributed by atoms with van der Waals surface area (Å²) in [7, 11) is 18.7. The maximum atomic E-state index is 12.8. The number of nitrogens with zero attached hydrogens (tertiary/aromatic N) is 3. The minimum atomic E-state index is -3.93. The van der Waals surface area contributed by atoms with E-state index < -0.39 is 18.0 Å². The Morgan fingerprint density at radius 1 is 0.729 bits per heavy atom. The number of likely N-dealkylation sites (N-methyl/N-ethyl adjacent to an activating group) is 1. The normalized spacial score (nSPS) is 14.8. The number of amides is 1. The molecule has 4 rings (SSSR count). The molecule has 9 heteroatoms. The second-order valence-corrected chi connectivity index (χ2v) is 22.9. The van der Waals surface area contributed by atoms with Crippen LogP contribution in [0.25, 0.3) is 0 Å². The van der Waals surface area contributed by atoms with Gasteiger partial charge in [0.1, 0.15) is 0 Å². The maximum absolute atomic E-state index is 12.8.